The number of hydrogen-bond donors (Lipinski definition) is 0. The normalized spacial score (nSPS) is 12.0. The van der Waals surface area contributed by atoms with Gasteiger partial charge in [0.1, 0.15) is 5.69 Å². The highest BCUT2D eigenvalue weighted by Gasteiger charge is 2.35. The maximum absolute atomic E-state index is 13.2. The van der Waals surface area contributed by atoms with Crippen molar-refractivity contribution in [1.29, 1.82) is 0 Å². The summed E-state index contributed by atoms with van der Waals surface area (Å²) in [6.45, 7) is 3.55. The van der Waals surface area contributed by atoms with Gasteiger partial charge in [0.25, 0.3) is 5.91 Å². The molecule has 0 atom stereocenters. The lowest BCUT2D eigenvalue weighted by Crippen LogP contribution is -2.27. The zero-order chi connectivity index (χ0) is 19.2. The quantitative estimate of drug-likeness (QED) is 0.714. The minimum atomic E-state index is -4.60. The molecule has 0 aliphatic carbocycles. The topological polar surface area (TPSA) is 68.3 Å². The van der Waals surface area contributed by atoms with Gasteiger partial charge < -0.3 is 4.90 Å². The summed E-state index contributed by atoms with van der Waals surface area (Å²) in [5.74, 6) is -0.496. The van der Waals surface area contributed by atoms with Crippen LogP contribution < -0.4 is 0 Å². The van der Waals surface area contributed by atoms with Crippen LogP contribution in [0.2, 0.25) is 0 Å². The van der Waals surface area contributed by atoms with E-state index in [4.69, 9.17) is 0 Å². The van der Waals surface area contributed by atoms with Crippen LogP contribution in [0.25, 0.3) is 5.65 Å². The first-order chi connectivity index (χ1) is 12.1. The molecule has 1 amide bonds. The Morgan fingerprint density at radius 1 is 1.23 bits per heavy atom. The van der Waals surface area contributed by atoms with E-state index in [1.807, 2.05) is 6.92 Å². The van der Waals surface area contributed by atoms with Crippen molar-refractivity contribution in [2.24, 2.45) is 7.05 Å². The van der Waals surface area contributed by atoms with E-state index in [1.165, 1.54) is 17.9 Å². The molecule has 0 unspecified atom stereocenters. The minimum absolute atomic E-state index is 0.0216. The van der Waals surface area contributed by atoms with E-state index < -0.39 is 17.8 Å². The van der Waals surface area contributed by atoms with E-state index in [1.54, 1.807) is 25.0 Å². The van der Waals surface area contributed by atoms with Crippen LogP contribution in [0.15, 0.2) is 18.3 Å². The van der Waals surface area contributed by atoms with Gasteiger partial charge in [-0.25, -0.2) is 9.50 Å². The third-order valence-corrected chi connectivity index (χ3v) is 3.93. The summed E-state index contributed by atoms with van der Waals surface area (Å²) in [6, 6.07) is 2.16. The molecular weight excluding hydrogens is 349 g/mol. The number of amides is 1. The van der Waals surface area contributed by atoms with E-state index in [9.17, 15) is 18.0 Å². The Labute approximate surface area is 147 Å². The van der Waals surface area contributed by atoms with Crippen molar-refractivity contribution < 1.29 is 18.0 Å². The van der Waals surface area contributed by atoms with Crippen LogP contribution in [0.5, 0.6) is 0 Å². The molecule has 0 spiro atoms. The van der Waals surface area contributed by atoms with E-state index in [0.29, 0.717) is 4.52 Å². The highest BCUT2D eigenvalue weighted by molar-refractivity contribution is 5.93. The van der Waals surface area contributed by atoms with Gasteiger partial charge in [-0.1, -0.05) is 0 Å². The second-order valence-electron chi connectivity index (χ2n) is 6.15. The summed E-state index contributed by atoms with van der Waals surface area (Å²) in [5, 5.41) is 8.04. The maximum Gasteiger partial charge on any atom is 0.433 e. The number of fused-ring (bicyclic) bond motifs is 1. The van der Waals surface area contributed by atoms with Gasteiger partial charge in [-0.05, 0) is 19.9 Å². The number of halogens is 3. The molecule has 0 fully saturated rings. The Hall–Kier alpha value is -2.91. The molecule has 0 saturated heterocycles. The first-order valence-corrected chi connectivity index (χ1v) is 7.75. The van der Waals surface area contributed by atoms with Crippen LogP contribution in [0.4, 0.5) is 13.2 Å². The summed E-state index contributed by atoms with van der Waals surface area (Å²) in [4.78, 5) is 18.0. The molecule has 3 rings (SSSR count). The lowest BCUT2D eigenvalue weighted by atomic mass is 10.2. The molecule has 7 nitrogen and oxygen atoms in total. The average Bonchev–Trinajstić information content (AvgIpc) is 3.07. The Kier molecular flexibility index (Phi) is 4.21. The monoisotopic (exact) mass is 366 g/mol. The van der Waals surface area contributed by atoms with E-state index in [2.05, 4.69) is 15.2 Å². The maximum atomic E-state index is 13.2. The lowest BCUT2D eigenvalue weighted by molar-refractivity contribution is -0.142. The van der Waals surface area contributed by atoms with Crippen molar-refractivity contribution in [3.63, 3.8) is 0 Å². The van der Waals surface area contributed by atoms with Crippen molar-refractivity contribution in [2.75, 3.05) is 7.05 Å². The number of carbonyl (C=O) groups is 1. The van der Waals surface area contributed by atoms with Gasteiger partial charge in [0, 0.05) is 44.2 Å². The number of hydrogen-bond acceptors (Lipinski definition) is 4. The number of aromatic nitrogens is 5. The average molecular weight is 366 g/mol. The molecule has 3 heterocycles. The van der Waals surface area contributed by atoms with Crippen LogP contribution in [-0.4, -0.2) is 42.2 Å². The fraction of sp³-hybridized carbons (Fsp3) is 0.375. The molecule has 3 aromatic rings. The Morgan fingerprint density at radius 2 is 1.92 bits per heavy atom. The predicted octanol–water partition coefficient (Wildman–Crippen LogP) is 2.37. The summed E-state index contributed by atoms with van der Waals surface area (Å²) < 4.78 is 41.9. The first kappa shape index (κ1) is 17.9. The molecule has 0 N–H and O–H groups in total. The lowest BCUT2D eigenvalue weighted by Gasteiger charge is -2.15. The highest BCUT2D eigenvalue weighted by atomic mass is 19.4. The molecule has 0 bridgehead atoms. The predicted molar refractivity (Wildman–Crippen MR) is 86.5 cm³/mol. The molecule has 0 saturated carbocycles. The summed E-state index contributed by atoms with van der Waals surface area (Å²) in [5.41, 5.74) is 0.730. The van der Waals surface area contributed by atoms with Gasteiger partial charge in [-0.2, -0.15) is 23.4 Å². The number of alkyl halides is 3. The summed E-state index contributed by atoms with van der Waals surface area (Å²) in [6.07, 6.45) is -2.81. The number of aryl methyl sites for hydroxylation is 3. The van der Waals surface area contributed by atoms with Crippen LogP contribution in [0, 0.1) is 13.8 Å². The third kappa shape index (κ3) is 3.26. The molecule has 0 aliphatic rings. The highest BCUT2D eigenvalue weighted by Crippen LogP contribution is 2.30. The number of rotatable bonds is 3. The molecule has 0 aliphatic heterocycles. The standard InChI is InChI=1S/C16H17F3N6O/c1-9-5-13(16(17,18)19)25-14(20-9)6-12(22-25)15(26)23(3)7-11-8-24(4)21-10(11)2/h5-6,8H,7H2,1-4H3. The Morgan fingerprint density at radius 3 is 2.50 bits per heavy atom. The van der Waals surface area contributed by atoms with E-state index >= 15 is 0 Å². The summed E-state index contributed by atoms with van der Waals surface area (Å²) in [7, 11) is 3.33. The van der Waals surface area contributed by atoms with Crippen LogP contribution in [0.1, 0.15) is 33.1 Å². The third-order valence-electron chi connectivity index (χ3n) is 3.93. The first-order valence-electron chi connectivity index (χ1n) is 7.75. The van der Waals surface area contributed by atoms with Crippen molar-refractivity contribution in [3.05, 3.63) is 46.7 Å². The van der Waals surface area contributed by atoms with E-state index in [-0.39, 0.29) is 23.6 Å². The van der Waals surface area contributed by atoms with Gasteiger partial charge in [0.05, 0.1) is 5.69 Å². The van der Waals surface area contributed by atoms with Crippen LogP contribution in [-0.2, 0) is 19.8 Å². The Bertz CT molecular complexity index is 988. The van der Waals surface area contributed by atoms with Crippen molar-refractivity contribution in [3.8, 4) is 0 Å². The smallest absolute Gasteiger partial charge is 0.336 e. The largest absolute Gasteiger partial charge is 0.433 e. The molecule has 10 heteroatoms. The number of nitrogens with zero attached hydrogens (tertiary/aromatic N) is 6. The van der Waals surface area contributed by atoms with Gasteiger partial charge in [-0.15, -0.1) is 0 Å². The molecule has 0 radical (unpaired) electrons. The summed E-state index contributed by atoms with van der Waals surface area (Å²) >= 11 is 0. The second-order valence-corrected chi connectivity index (χ2v) is 6.15. The molecule has 138 valence electrons. The Balaban J connectivity index is 1.94. The molecule has 3 aromatic heterocycles. The SMILES string of the molecule is Cc1cc(C(F)(F)F)n2nc(C(=O)N(C)Cc3cn(C)nc3C)cc2n1. The van der Waals surface area contributed by atoms with Crippen molar-refractivity contribution >= 4 is 11.6 Å². The fourth-order valence-electron chi connectivity index (χ4n) is 2.73. The van der Waals surface area contributed by atoms with Crippen LogP contribution in [0.3, 0.4) is 0 Å². The zero-order valence-corrected chi connectivity index (χ0v) is 14.7. The van der Waals surface area contributed by atoms with Gasteiger partial charge in [0.15, 0.2) is 11.3 Å². The van der Waals surface area contributed by atoms with Gasteiger partial charge >= 0.3 is 6.18 Å². The van der Waals surface area contributed by atoms with Gasteiger partial charge in [0.2, 0.25) is 0 Å². The number of carbonyl (C=O) groups excluding carboxylic acids is 1. The second kappa shape index (κ2) is 6.11. The minimum Gasteiger partial charge on any atom is -0.336 e. The van der Waals surface area contributed by atoms with Gasteiger partial charge in [-0.3, -0.25) is 9.48 Å². The molecule has 0 aromatic carbocycles. The van der Waals surface area contributed by atoms with Crippen molar-refractivity contribution in [1.82, 2.24) is 29.3 Å². The molecule has 26 heavy (non-hydrogen) atoms. The van der Waals surface area contributed by atoms with Crippen molar-refractivity contribution in [2.45, 2.75) is 26.6 Å². The molecular formula is C16H17F3N6O. The van der Waals surface area contributed by atoms with E-state index in [0.717, 1.165) is 17.3 Å². The zero-order valence-electron chi connectivity index (χ0n) is 14.7. The fourth-order valence-corrected chi connectivity index (χ4v) is 2.73. The van der Waals surface area contributed by atoms with Crippen LogP contribution >= 0.6 is 0 Å².